The highest BCUT2D eigenvalue weighted by atomic mass is 19.1. The molecule has 152 valence electrons. The SMILES string of the molecule is NC(=O)c1cc(-c2ccccc2)nc(N2CCC(C(=O)c3ccc(F)cc3)CC2)n1. The highest BCUT2D eigenvalue weighted by Gasteiger charge is 2.27. The summed E-state index contributed by atoms with van der Waals surface area (Å²) in [7, 11) is 0. The zero-order chi connectivity index (χ0) is 21.1. The second kappa shape index (κ2) is 8.41. The van der Waals surface area contributed by atoms with E-state index in [1.165, 1.54) is 24.3 Å². The Morgan fingerprint density at radius 1 is 0.967 bits per heavy atom. The van der Waals surface area contributed by atoms with Crippen molar-refractivity contribution in [3.8, 4) is 11.3 Å². The van der Waals surface area contributed by atoms with Crippen molar-refractivity contribution in [3.63, 3.8) is 0 Å². The van der Waals surface area contributed by atoms with E-state index >= 15 is 0 Å². The molecule has 0 radical (unpaired) electrons. The van der Waals surface area contributed by atoms with Crippen molar-refractivity contribution in [2.75, 3.05) is 18.0 Å². The number of carbonyl (C=O) groups excluding carboxylic acids is 2. The number of rotatable bonds is 5. The van der Waals surface area contributed by atoms with E-state index in [2.05, 4.69) is 9.97 Å². The number of halogens is 1. The Balaban J connectivity index is 1.53. The lowest BCUT2D eigenvalue weighted by Crippen LogP contribution is -2.37. The molecule has 0 bridgehead atoms. The van der Waals surface area contributed by atoms with Gasteiger partial charge in [0, 0.05) is 30.1 Å². The summed E-state index contributed by atoms with van der Waals surface area (Å²) in [5, 5.41) is 0. The van der Waals surface area contributed by atoms with E-state index in [9.17, 15) is 14.0 Å². The molecule has 1 aromatic heterocycles. The molecule has 2 aromatic carbocycles. The summed E-state index contributed by atoms with van der Waals surface area (Å²) in [6, 6.07) is 16.8. The van der Waals surface area contributed by atoms with Crippen LogP contribution in [0.15, 0.2) is 60.7 Å². The van der Waals surface area contributed by atoms with Gasteiger partial charge in [-0.05, 0) is 43.2 Å². The molecular weight excluding hydrogens is 383 g/mol. The Labute approximate surface area is 173 Å². The lowest BCUT2D eigenvalue weighted by molar-refractivity contribution is 0.0900. The van der Waals surface area contributed by atoms with Gasteiger partial charge in [-0.3, -0.25) is 9.59 Å². The second-order valence-electron chi connectivity index (χ2n) is 7.30. The number of nitrogens with two attached hydrogens (primary N) is 1. The fourth-order valence-electron chi connectivity index (χ4n) is 3.65. The first-order valence-electron chi connectivity index (χ1n) is 9.80. The lowest BCUT2D eigenvalue weighted by Gasteiger charge is -2.31. The van der Waals surface area contributed by atoms with Gasteiger partial charge in [0.05, 0.1) is 5.69 Å². The summed E-state index contributed by atoms with van der Waals surface area (Å²) in [5.41, 5.74) is 7.64. The molecule has 7 heteroatoms. The molecule has 30 heavy (non-hydrogen) atoms. The molecule has 6 nitrogen and oxygen atoms in total. The normalized spacial score (nSPS) is 14.5. The molecule has 0 saturated carbocycles. The summed E-state index contributed by atoms with van der Waals surface area (Å²) in [6.07, 6.45) is 1.25. The minimum absolute atomic E-state index is 0.0198. The van der Waals surface area contributed by atoms with Crippen LogP contribution in [0.1, 0.15) is 33.7 Å². The van der Waals surface area contributed by atoms with Crippen molar-refractivity contribution < 1.29 is 14.0 Å². The minimum Gasteiger partial charge on any atom is -0.364 e. The zero-order valence-corrected chi connectivity index (χ0v) is 16.3. The van der Waals surface area contributed by atoms with E-state index in [0.29, 0.717) is 43.1 Å². The maximum Gasteiger partial charge on any atom is 0.267 e. The Bertz CT molecular complexity index is 1060. The number of amides is 1. The predicted molar refractivity (Wildman–Crippen MR) is 112 cm³/mol. The number of hydrogen-bond donors (Lipinski definition) is 1. The average Bonchev–Trinajstić information content (AvgIpc) is 2.79. The highest BCUT2D eigenvalue weighted by Crippen LogP contribution is 2.26. The van der Waals surface area contributed by atoms with Crippen LogP contribution in [0.5, 0.6) is 0 Å². The fraction of sp³-hybridized carbons (Fsp3) is 0.217. The van der Waals surface area contributed by atoms with Gasteiger partial charge < -0.3 is 10.6 Å². The van der Waals surface area contributed by atoms with Crippen LogP contribution in [0.3, 0.4) is 0 Å². The van der Waals surface area contributed by atoms with Crippen LogP contribution in [-0.2, 0) is 0 Å². The van der Waals surface area contributed by atoms with E-state index in [4.69, 9.17) is 5.73 Å². The predicted octanol–water partition coefficient (Wildman–Crippen LogP) is 3.48. The van der Waals surface area contributed by atoms with Crippen LogP contribution in [0.25, 0.3) is 11.3 Å². The van der Waals surface area contributed by atoms with Gasteiger partial charge in [-0.15, -0.1) is 0 Å². The molecule has 1 aliphatic rings. The maximum atomic E-state index is 13.1. The number of nitrogens with zero attached hydrogens (tertiary/aromatic N) is 3. The Morgan fingerprint density at radius 2 is 1.63 bits per heavy atom. The summed E-state index contributed by atoms with van der Waals surface area (Å²) >= 11 is 0. The van der Waals surface area contributed by atoms with Crippen LogP contribution in [0, 0.1) is 11.7 Å². The van der Waals surface area contributed by atoms with Gasteiger partial charge in [0.25, 0.3) is 5.91 Å². The number of hydrogen-bond acceptors (Lipinski definition) is 5. The lowest BCUT2D eigenvalue weighted by atomic mass is 9.89. The van der Waals surface area contributed by atoms with Crippen molar-refractivity contribution in [1.29, 1.82) is 0 Å². The largest absolute Gasteiger partial charge is 0.364 e. The minimum atomic E-state index is -0.614. The van der Waals surface area contributed by atoms with Crippen molar-refractivity contribution in [2.24, 2.45) is 11.7 Å². The Morgan fingerprint density at radius 3 is 2.27 bits per heavy atom. The van der Waals surface area contributed by atoms with Gasteiger partial charge in [-0.1, -0.05) is 30.3 Å². The van der Waals surface area contributed by atoms with Crippen molar-refractivity contribution in [2.45, 2.75) is 12.8 Å². The molecule has 0 spiro atoms. The van der Waals surface area contributed by atoms with Gasteiger partial charge >= 0.3 is 0 Å². The van der Waals surface area contributed by atoms with Gasteiger partial charge in [0.1, 0.15) is 11.5 Å². The number of benzene rings is 2. The maximum absolute atomic E-state index is 13.1. The smallest absolute Gasteiger partial charge is 0.267 e. The van der Waals surface area contributed by atoms with Crippen LogP contribution in [-0.4, -0.2) is 34.7 Å². The Hall–Kier alpha value is -3.61. The molecular formula is C23H21FN4O2. The van der Waals surface area contributed by atoms with Gasteiger partial charge in [-0.25, -0.2) is 14.4 Å². The molecule has 2 heterocycles. The molecule has 3 aromatic rings. The number of carbonyl (C=O) groups is 2. The number of anilines is 1. The molecule has 2 N–H and O–H groups in total. The monoisotopic (exact) mass is 404 g/mol. The molecule has 1 amide bonds. The van der Waals surface area contributed by atoms with E-state index < -0.39 is 5.91 Å². The topological polar surface area (TPSA) is 89.2 Å². The summed E-state index contributed by atoms with van der Waals surface area (Å²) in [5.74, 6) is -0.664. The average molecular weight is 404 g/mol. The molecule has 0 unspecified atom stereocenters. The van der Waals surface area contributed by atoms with Crippen LogP contribution in [0.2, 0.25) is 0 Å². The molecule has 0 aliphatic carbocycles. The van der Waals surface area contributed by atoms with E-state index in [0.717, 1.165) is 5.56 Å². The van der Waals surface area contributed by atoms with Crippen molar-refractivity contribution in [3.05, 3.63) is 77.7 Å². The first kappa shape index (κ1) is 19.7. The zero-order valence-electron chi connectivity index (χ0n) is 16.3. The van der Waals surface area contributed by atoms with Crippen molar-refractivity contribution in [1.82, 2.24) is 9.97 Å². The van der Waals surface area contributed by atoms with Crippen molar-refractivity contribution >= 4 is 17.6 Å². The molecule has 1 aliphatic heterocycles. The highest BCUT2D eigenvalue weighted by molar-refractivity contribution is 5.98. The standard InChI is InChI=1S/C23H21FN4O2/c24-18-8-6-16(7-9-18)21(29)17-10-12-28(13-11-17)23-26-19(14-20(27-23)22(25)30)15-4-2-1-3-5-15/h1-9,14,17H,10-13H2,(H2,25,30). The second-order valence-corrected chi connectivity index (χ2v) is 7.30. The van der Waals surface area contributed by atoms with Crippen LogP contribution >= 0.6 is 0 Å². The summed E-state index contributed by atoms with van der Waals surface area (Å²) in [6.45, 7) is 1.15. The number of piperidine rings is 1. The van der Waals surface area contributed by atoms with E-state index in [1.54, 1.807) is 6.07 Å². The number of primary amides is 1. The first-order valence-corrected chi connectivity index (χ1v) is 9.80. The third-order valence-electron chi connectivity index (χ3n) is 5.31. The summed E-state index contributed by atoms with van der Waals surface area (Å²) in [4.78, 5) is 35.4. The molecule has 1 saturated heterocycles. The molecule has 4 rings (SSSR count). The van der Waals surface area contributed by atoms with Gasteiger partial charge in [0.15, 0.2) is 5.78 Å². The van der Waals surface area contributed by atoms with E-state index in [-0.39, 0.29) is 23.2 Å². The van der Waals surface area contributed by atoms with E-state index in [1.807, 2.05) is 35.2 Å². The molecule has 1 fully saturated rings. The number of aromatic nitrogens is 2. The third-order valence-corrected chi connectivity index (χ3v) is 5.31. The fourth-order valence-corrected chi connectivity index (χ4v) is 3.65. The first-order chi connectivity index (χ1) is 14.5. The van der Waals surface area contributed by atoms with Gasteiger partial charge in [-0.2, -0.15) is 0 Å². The third kappa shape index (κ3) is 4.20. The Kier molecular flexibility index (Phi) is 5.52. The number of Topliss-reactive ketones (excluding diaryl/α,β-unsaturated/α-hetero) is 1. The quantitative estimate of drug-likeness (QED) is 0.658. The van der Waals surface area contributed by atoms with Gasteiger partial charge in [0.2, 0.25) is 5.95 Å². The summed E-state index contributed by atoms with van der Waals surface area (Å²) < 4.78 is 13.1. The molecule has 0 atom stereocenters. The number of ketones is 1. The van der Waals surface area contributed by atoms with Crippen LogP contribution in [0.4, 0.5) is 10.3 Å². The van der Waals surface area contributed by atoms with Crippen LogP contribution < -0.4 is 10.6 Å².